The van der Waals surface area contributed by atoms with Gasteiger partial charge in [-0.05, 0) is 81.6 Å². The van der Waals surface area contributed by atoms with Crippen LogP contribution >= 0.6 is 0 Å². The number of aromatic hydroxyl groups is 1. The number of nitrogens with zero attached hydrogens (tertiary/aromatic N) is 2. The number of phenolic OH excluding ortho intramolecular Hbond substituents is 1. The Labute approximate surface area is 238 Å². The standard InChI is InChI=1S/C37H36N2O/c1-25(2)31-21-29(27-13-7-5-8-14-27)22-32(26(3)4)37(31)28-19-20-33-35(23-28)39(34-17-11-12-18-36(34)40)24-38(33)30-15-9-6-10-16-30/h5-23,25-26,40H,24H2,1-4H3. The first kappa shape index (κ1) is 25.8. The van der Waals surface area contributed by atoms with Crippen molar-refractivity contribution in [2.45, 2.75) is 39.5 Å². The molecule has 0 saturated heterocycles. The van der Waals surface area contributed by atoms with Crippen molar-refractivity contribution >= 4 is 22.7 Å². The van der Waals surface area contributed by atoms with E-state index in [-0.39, 0.29) is 5.75 Å². The van der Waals surface area contributed by atoms with Crippen LogP contribution in [0.15, 0.2) is 115 Å². The van der Waals surface area contributed by atoms with Gasteiger partial charge in [-0.25, -0.2) is 0 Å². The van der Waals surface area contributed by atoms with Gasteiger partial charge in [0.2, 0.25) is 0 Å². The number of benzene rings is 5. The van der Waals surface area contributed by atoms with Crippen LogP contribution in [0.4, 0.5) is 22.7 Å². The molecule has 1 aliphatic heterocycles. The quantitative estimate of drug-likeness (QED) is 0.239. The molecule has 0 spiro atoms. The molecule has 40 heavy (non-hydrogen) atoms. The number of hydrogen-bond donors (Lipinski definition) is 1. The molecular weight excluding hydrogens is 488 g/mol. The molecule has 0 aliphatic carbocycles. The average molecular weight is 525 g/mol. The minimum absolute atomic E-state index is 0.284. The molecule has 0 saturated carbocycles. The molecule has 200 valence electrons. The van der Waals surface area contributed by atoms with Crippen LogP contribution in [-0.2, 0) is 0 Å². The van der Waals surface area contributed by atoms with Gasteiger partial charge < -0.3 is 14.9 Å². The highest BCUT2D eigenvalue weighted by atomic mass is 16.3. The van der Waals surface area contributed by atoms with Crippen LogP contribution in [0.3, 0.4) is 0 Å². The summed E-state index contributed by atoms with van der Waals surface area (Å²) in [4.78, 5) is 4.54. The summed E-state index contributed by atoms with van der Waals surface area (Å²) >= 11 is 0. The van der Waals surface area contributed by atoms with E-state index in [0.717, 1.165) is 22.7 Å². The highest BCUT2D eigenvalue weighted by molar-refractivity contribution is 5.92. The van der Waals surface area contributed by atoms with Crippen molar-refractivity contribution in [1.29, 1.82) is 0 Å². The molecule has 0 unspecified atom stereocenters. The maximum atomic E-state index is 10.9. The van der Waals surface area contributed by atoms with Crippen LogP contribution in [0.2, 0.25) is 0 Å². The summed E-state index contributed by atoms with van der Waals surface area (Å²) in [6.07, 6.45) is 0. The summed E-state index contributed by atoms with van der Waals surface area (Å²) in [6, 6.07) is 40.4. The monoisotopic (exact) mass is 524 g/mol. The predicted octanol–water partition coefficient (Wildman–Crippen LogP) is 10.2. The highest BCUT2D eigenvalue weighted by Gasteiger charge is 2.30. The first-order valence-corrected chi connectivity index (χ1v) is 14.2. The van der Waals surface area contributed by atoms with Crippen molar-refractivity contribution in [2.75, 3.05) is 16.5 Å². The van der Waals surface area contributed by atoms with E-state index < -0.39 is 0 Å². The maximum absolute atomic E-state index is 10.9. The number of para-hydroxylation sites is 3. The number of hydrogen-bond acceptors (Lipinski definition) is 3. The van der Waals surface area contributed by atoms with Crippen LogP contribution in [0.1, 0.15) is 50.7 Å². The Kier molecular flexibility index (Phi) is 6.81. The first-order chi connectivity index (χ1) is 19.4. The molecule has 5 aromatic carbocycles. The van der Waals surface area contributed by atoms with Crippen LogP contribution in [-0.4, -0.2) is 11.8 Å². The normalized spacial score (nSPS) is 12.8. The molecule has 5 aromatic rings. The zero-order valence-corrected chi connectivity index (χ0v) is 23.7. The van der Waals surface area contributed by atoms with E-state index >= 15 is 0 Å². The second kappa shape index (κ2) is 10.6. The van der Waals surface area contributed by atoms with E-state index in [1.165, 1.54) is 33.4 Å². The molecule has 0 amide bonds. The van der Waals surface area contributed by atoms with Gasteiger partial charge in [-0.1, -0.05) is 107 Å². The summed E-state index contributed by atoms with van der Waals surface area (Å²) in [7, 11) is 0. The largest absolute Gasteiger partial charge is 0.506 e. The third kappa shape index (κ3) is 4.62. The predicted molar refractivity (Wildman–Crippen MR) is 169 cm³/mol. The van der Waals surface area contributed by atoms with Crippen molar-refractivity contribution in [2.24, 2.45) is 0 Å². The third-order valence-corrected chi connectivity index (χ3v) is 7.92. The van der Waals surface area contributed by atoms with Crippen LogP contribution in [0.25, 0.3) is 22.3 Å². The Balaban J connectivity index is 1.56. The molecular formula is C37H36N2O. The number of fused-ring (bicyclic) bond motifs is 1. The molecule has 0 atom stereocenters. The summed E-state index contributed by atoms with van der Waals surface area (Å²) in [6.45, 7) is 9.78. The zero-order chi connectivity index (χ0) is 27.8. The summed E-state index contributed by atoms with van der Waals surface area (Å²) in [5, 5.41) is 10.9. The molecule has 3 heteroatoms. The molecule has 6 rings (SSSR count). The molecule has 0 aromatic heterocycles. The minimum atomic E-state index is 0.284. The highest BCUT2D eigenvalue weighted by Crippen LogP contribution is 2.49. The van der Waals surface area contributed by atoms with Gasteiger partial charge in [0.1, 0.15) is 12.4 Å². The second-order valence-corrected chi connectivity index (χ2v) is 11.2. The fourth-order valence-corrected chi connectivity index (χ4v) is 5.87. The first-order valence-electron chi connectivity index (χ1n) is 14.2. The van der Waals surface area contributed by atoms with Crippen LogP contribution in [0, 0.1) is 0 Å². The van der Waals surface area contributed by atoms with Gasteiger partial charge in [0.25, 0.3) is 0 Å². The van der Waals surface area contributed by atoms with Gasteiger partial charge in [-0.2, -0.15) is 0 Å². The van der Waals surface area contributed by atoms with E-state index in [1.54, 1.807) is 6.07 Å². The van der Waals surface area contributed by atoms with Crippen molar-refractivity contribution in [1.82, 2.24) is 0 Å². The van der Waals surface area contributed by atoms with E-state index in [9.17, 15) is 5.11 Å². The Morgan fingerprint density at radius 1 is 0.525 bits per heavy atom. The van der Waals surface area contributed by atoms with Gasteiger partial charge >= 0.3 is 0 Å². The van der Waals surface area contributed by atoms with Crippen LogP contribution < -0.4 is 9.80 Å². The van der Waals surface area contributed by atoms with Crippen molar-refractivity contribution in [3.8, 4) is 28.0 Å². The zero-order valence-electron chi connectivity index (χ0n) is 23.7. The van der Waals surface area contributed by atoms with Crippen LogP contribution in [0.5, 0.6) is 5.75 Å². The number of phenols is 1. The van der Waals surface area contributed by atoms with Crippen molar-refractivity contribution in [3.63, 3.8) is 0 Å². The average Bonchev–Trinajstić information content (AvgIpc) is 3.36. The second-order valence-electron chi connectivity index (χ2n) is 11.2. The third-order valence-electron chi connectivity index (χ3n) is 7.92. The van der Waals surface area contributed by atoms with Gasteiger partial charge in [-0.15, -0.1) is 0 Å². The van der Waals surface area contributed by atoms with E-state index in [1.807, 2.05) is 24.3 Å². The Morgan fingerprint density at radius 3 is 1.75 bits per heavy atom. The van der Waals surface area contributed by atoms with Crippen molar-refractivity contribution in [3.05, 3.63) is 126 Å². The van der Waals surface area contributed by atoms with Gasteiger partial charge in [0.05, 0.1) is 17.1 Å². The lowest BCUT2D eigenvalue weighted by atomic mass is 9.82. The summed E-state index contributed by atoms with van der Waals surface area (Å²) in [5.74, 6) is 1.01. The number of anilines is 4. The fourth-order valence-electron chi connectivity index (χ4n) is 5.87. The van der Waals surface area contributed by atoms with Gasteiger partial charge in [-0.3, -0.25) is 0 Å². The number of rotatable bonds is 6. The van der Waals surface area contributed by atoms with E-state index in [4.69, 9.17) is 0 Å². The molecule has 1 heterocycles. The summed E-state index contributed by atoms with van der Waals surface area (Å²) in [5.41, 5.74) is 11.9. The lowest BCUT2D eigenvalue weighted by molar-refractivity contribution is 0.476. The lowest BCUT2D eigenvalue weighted by Gasteiger charge is -2.24. The smallest absolute Gasteiger partial charge is 0.139 e. The molecule has 1 aliphatic rings. The Morgan fingerprint density at radius 2 is 1.12 bits per heavy atom. The van der Waals surface area contributed by atoms with Crippen molar-refractivity contribution < 1.29 is 5.11 Å². The SMILES string of the molecule is CC(C)c1cc(-c2ccccc2)cc(C(C)C)c1-c1ccc2c(c1)N(c1ccccc1O)CN2c1ccccc1. The maximum Gasteiger partial charge on any atom is 0.139 e. The molecule has 0 bridgehead atoms. The van der Waals surface area contributed by atoms with Gasteiger partial charge in [0, 0.05) is 5.69 Å². The lowest BCUT2D eigenvalue weighted by Crippen LogP contribution is -2.23. The molecule has 0 radical (unpaired) electrons. The summed E-state index contributed by atoms with van der Waals surface area (Å²) < 4.78 is 0. The Bertz CT molecular complexity index is 1610. The topological polar surface area (TPSA) is 26.7 Å². The van der Waals surface area contributed by atoms with E-state index in [0.29, 0.717) is 18.5 Å². The fraction of sp³-hybridized carbons (Fsp3) is 0.189. The molecule has 3 nitrogen and oxygen atoms in total. The Hall–Kier alpha value is -4.50. The van der Waals surface area contributed by atoms with E-state index in [2.05, 4.69) is 122 Å². The molecule has 0 fully saturated rings. The molecule has 1 N–H and O–H groups in total. The minimum Gasteiger partial charge on any atom is -0.506 e. The van der Waals surface area contributed by atoms with Gasteiger partial charge in [0.15, 0.2) is 0 Å².